The minimum Gasteiger partial charge on any atom is -0.483 e. The summed E-state index contributed by atoms with van der Waals surface area (Å²) in [5, 5.41) is 5.06. The van der Waals surface area contributed by atoms with Crippen LogP contribution in [-0.4, -0.2) is 23.4 Å². The van der Waals surface area contributed by atoms with Gasteiger partial charge in [0.15, 0.2) is 5.84 Å². The Hall–Kier alpha value is -3.12. The summed E-state index contributed by atoms with van der Waals surface area (Å²) in [4.78, 5) is 20.9. The third-order valence-electron chi connectivity index (χ3n) is 3.30. The number of nitrogens with two attached hydrogens (primary N) is 1. The van der Waals surface area contributed by atoms with Gasteiger partial charge in [0, 0.05) is 16.6 Å². The van der Waals surface area contributed by atoms with E-state index in [0.717, 1.165) is 10.9 Å². The largest absolute Gasteiger partial charge is 0.483 e. The third kappa shape index (κ3) is 4.24. The predicted molar refractivity (Wildman–Crippen MR) is 95.7 cm³/mol. The second-order valence-corrected chi connectivity index (χ2v) is 5.52. The predicted octanol–water partition coefficient (Wildman–Crippen LogP) is 3.40. The van der Waals surface area contributed by atoms with Gasteiger partial charge < -0.3 is 15.3 Å². The SMILES string of the molecule is N/C(COc1cccc2cccnc12)=N\OC(=O)c1ccc(Cl)cc1. The van der Waals surface area contributed by atoms with Gasteiger partial charge in [0.1, 0.15) is 17.9 Å². The Morgan fingerprint density at radius 1 is 1.12 bits per heavy atom. The number of hydrogen-bond acceptors (Lipinski definition) is 5. The Labute approximate surface area is 148 Å². The Morgan fingerprint density at radius 2 is 1.88 bits per heavy atom. The molecule has 0 saturated heterocycles. The van der Waals surface area contributed by atoms with Gasteiger partial charge in [0.05, 0.1) is 5.56 Å². The van der Waals surface area contributed by atoms with Crippen LogP contribution in [0.5, 0.6) is 5.75 Å². The van der Waals surface area contributed by atoms with Crippen LogP contribution in [0.2, 0.25) is 5.02 Å². The molecular formula is C18H14ClN3O3. The second kappa shape index (κ2) is 7.63. The van der Waals surface area contributed by atoms with Crippen molar-refractivity contribution in [1.82, 2.24) is 4.98 Å². The molecular weight excluding hydrogens is 342 g/mol. The molecule has 0 unspecified atom stereocenters. The van der Waals surface area contributed by atoms with Crippen molar-refractivity contribution < 1.29 is 14.4 Å². The monoisotopic (exact) mass is 355 g/mol. The Morgan fingerprint density at radius 3 is 2.68 bits per heavy atom. The fraction of sp³-hybridized carbons (Fsp3) is 0.0556. The van der Waals surface area contributed by atoms with Crippen molar-refractivity contribution >= 4 is 34.3 Å². The van der Waals surface area contributed by atoms with E-state index in [1.165, 1.54) is 12.1 Å². The lowest BCUT2D eigenvalue weighted by molar-refractivity contribution is 0.0513. The molecule has 0 aliphatic rings. The molecule has 0 atom stereocenters. The molecule has 1 aromatic heterocycles. The van der Waals surface area contributed by atoms with Crippen LogP contribution in [0, 0.1) is 0 Å². The van der Waals surface area contributed by atoms with E-state index in [2.05, 4.69) is 10.1 Å². The lowest BCUT2D eigenvalue weighted by Crippen LogP contribution is -2.22. The highest BCUT2D eigenvalue weighted by atomic mass is 35.5. The standard InChI is InChI=1S/C18H14ClN3O3/c19-14-8-6-13(7-9-14)18(23)25-22-16(20)11-24-15-5-1-3-12-4-2-10-21-17(12)15/h1-10H,11H2,(H2,20,22). The molecule has 25 heavy (non-hydrogen) atoms. The topological polar surface area (TPSA) is 86.8 Å². The molecule has 0 spiro atoms. The number of aromatic nitrogens is 1. The molecule has 3 rings (SSSR count). The maximum atomic E-state index is 11.8. The number of carbonyl (C=O) groups is 1. The zero-order chi connectivity index (χ0) is 17.6. The number of halogens is 1. The van der Waals surface area contributed by atoms with Crippen LogP contribution in [0.3, 0.4) is 0 Å². The van der Waals surface area contributed by atoms with E-state index in [4.69, 9.17) is 26.9 Å². The number of rotatable bonds is 5. The Bertz CT molecular complexity index is 921. The molecule has 1 heterocycles. The van der Waals surface area contributed by atoms with Gasteiger partial charge in [-0.1, -0.05) is 35.0 Å². The summed E-state index contributed by atoms with van der Waals surface area (Å²) < 4.78 is 5.61. The van der Waals surface area contributed by atoms with Gasteiger partial charge in [-0.05, 0) is 36.4 Å². The summed E-state index contributed by atoms with van der Waals surface area (Å²) in [5.41, 5.74) is 6.76. The summed E-state index contributed by atoms with van der Waals surface area (Å²) in [6, 6.07) is 15.6. The number of para-hydroxylation sites is 1. The highest BCUT2D eigenvalue weighted by molar-refractivity contribution is 6.30. The molecule has 0 aliphatic carbocycles. The first-order valence-corrected chi connectivity index (χ1v) is 7.77. The van der Waals surface area contributed by atoms with Crippen LogP contribution in [0.1, 0.15) is 10.4 Å². The number of hydrogen-bond donors (Lipinski definition) is 1. The zero-order valence-electron chi connectivity index (χ0n) is 13.1. The summed E-state index contributed by atoms with van der Waals surface area (Å²) in [5.74, 6) is -0.0398. The van der Waals surface area contributed by atoms with Gasteiger partial charge in [-0.15, -0.1) is 0 Å². The van der Waals surface area contributed by atoms with Crippen molar-refractivity contribution in [3.05, 3.63) is 71.4 Å². The lowest BCUT2D eigenvalue weighted by Gasteiger charge is -2.07. The molecule has 6 nitrogen and oxygen atoms in total. The van der Waals surface area contributed by atoms with Crippen LogP contribution < -0.4 is 10.5 Å². The molecule has 0 aliphatic heterocycles. The van der Waals surface area contributed by atoms with Crippen LogP contribution in [-0.2, 0) is 4.84 Å². The molecule has 0 amide bonds. The fourth-order valence-corrected chi connectivity index (χ4v) is 2.24. The van der Waals surface area contributed by atoms with E-state index in [1.54, 1.807) is 24.4 Å². The summed E-state index contributed by atoms with van der Waals surface area (Å²) in [6.45, 7) is -0.0381. The number of benzene rings is 2. The third-order valence-corrected chi connectivity index (χ3v) is 3.55. The highest BCUT2D eigenvalue weighted by Crippen LogP contribution is 2.22. The number of fused-ring (bicyclic) bond motifs is 1. The molecule has 2 N–H and O–H groups in total. The highest BCUT2D eigenvalue weighted by Gasteiger charge is 2.08. The van der Waals surface area contributed by atoms with E-state index in [-0.39, 0.29) is 12.4 Å². The Kier molecular flexibility index (Phi) is 5.11. The minimum atomic E-state index is -0.633. The molecule has 2 aromatic carbocycles. The van der Waals surface area contributed by atoms with Crippen molar-refractivity contribution in [2.75, 3.05) is 6.61 Å². The lowest BCUT2D eigenvalue weighted by atomic mass is 10.2. The first-order chi connectivity index (χ1) is 12.1. The van der Waals surface area contributed by atoms with Crippen molar-refractivity contribution in [1.29, 1.82) is 0 Å². The van der Waals surface area contributed by atoms with Crippen molar-refractivity contribution in [2.24, 2.45) is 10.9 Å². The zero-order valence-corrected chi connectivity index (χ0v) is 13.8. The number of carbonyl (C=O) groups excluding carboxylic acids is 1. The maximum Gasteiger partial charge on any atom is 0.365 e. The van der Waals surface area contributed by atoms with Gasteiger partial charge in [-0.2, -0.15) is 0 Å². The molecule has 0 fully saturated rings. The van der Waals surface area contributed by atoms with Crippen LogP contribution in [0.25, 0.3) is 10.9 Å². The summed E-state index contributed by atoms with van der Waals surface area (Å²) in [6.07, 6.45) is 1.68. The average molecular weight is 356 g/mol. The number of pyridine rings is 1. The van der Waals surface area contributed by atoms with E-state index < -0.39 is 5.97 Å². The minimum absolute atomic E-state index is 0.0234. The average Bonchev–Trinajstić information content (AvgIpc) is 2.65. The molecule has 0 radical (unpaired) electrons. The molecule has 0 saturated carbocycles. The normalized spacial score (nSPS) is 11.3. The molecule has 126 valence electrons. The number of amidine groups is 1. The Balaban J connectivity index is 1.61. The number of ether oxygens (including phenoxy) is 1. The van der Waals surface area contributed by atoms with Gasteiger partial charge in [-0.3, -0.25) is 4.98 Å². The summed E-state index contributed by atoms with van der Waals surface area (Å²) in [7, 11) is 0. The van der Waals surface area contributed by atoms with Crippen LogP contribution >= 0.6 is 11.6 Å². The second-order valence-electron chi connectivity index (χ2n) is 5.09. The van der Waals surface area contributed by atoms with Crippen molar-refractivity contribution in [3.8, 4) is 5.75 Å². The maximum absolute atomic E-state index is 11.8. The van der Waals surface area contributed by atoms with Gasteiger partial charge in [0.2, 0.25) is 0 Å². The molecule has 0 bridgehead atoms. The fourth-order valence-electron chi connectivity index (χ4n) is 2.11. The smallest absolute Gasteiger partial charge is 0.365 e. The van der Waals surface area contributed by atoms with Crippen LogP contribution in [0.4, 0.5) is 0 Å². The van der Waals surface area contributed by atoms with Crippen LogP contribution in [0.15, 0.2) is 65.9 Å². The quantitative estimate of drug-likeness (QED) is 0.328. The van der Waals surface area contributed by atoms with E-state index in [9.17, 15) is 4.79 Å². The molecule has 3 aromatic rings. The van der Waals surface area contributed by atoms with Gasteiger partial charge in [-0.25, -0.2) is 4.79 Å². The molecule has 7 heteroatoms. The van der Waals surface area contributed by atoms with Crippen molar-refractivity contribution in [3.63, 3.8) is 0 Å². The van der Waals surface area contributed by atoms with Gasteiger partial charge in [0.25, 0.3) is 0 Å². The van der Waals surface area contributed by atoms with E-state index >= 15 is 0 Å². The first-order valence-electron chi connectivity index (χ1n) is 7.39. The van der Waals surface area contributed by atoms with E-state index in [0.29, 0.717) is 16.3 Å². The number of nitrogens with zero attached hydrogens (tertiary/aromatic N) is 2. The van der Waals surface area contributed by atoms with Crippen molar-refractivity contribution in [2.45, 2.75) is 0 Å². The van der Waals surface area contributed by atoms with E-state index in [1.807, 2.05) is 24.3 Å². The van der Waals surface area contributed by atoms with Gasteiger partial charge >= 0.3 is 5.97 Å². The number of oxime groups is 1. The first kappa shape index (κ1) is 16.7. The summed E-state index contributed by atoms with van der Waals surface area (Å²) >= 11 is 5.76.